The highest BCUT2D eigenvalue weighted by atomic mass is 16.7. The van der Waals surface area contributed by atoms with Gasteiger partial charge in [-0.3, -0.25) is 0 Å². The van der Waals surface area contributed by atoms with Crippen molar-refractivity contribution in [2.75, 3.05) is 13.2 Å². The van der Waals surface area contributed by atoms with Crippen LogP contribution in [0.25, 0.3) is 0 Å². The lowest BCUT2D eigenvalue weighted by Crippen LogP contribution is -2.17. The summed E-state index contributed by atoms with van der Waals surface area (Å²) in [7, 11) is 0. The van der Waals surface area contributed by atoms with E-state index in [1.807, 2.05) is 24.3 Å². The van der Waals surface area contributed by atoms with E-state index in [0.29, 0.717) is 0 Å². The molecule has 0 N–H and O–H groups in total. The molecular formula is C10H11O2. The minimum Gasteiger partial charge on any atom is -0.348 e. The zero-order valence-corrected chi connectivity index (χ0v) is 6.82. The third kappa shape index (κ3) is 1.65. The second-order valence-corrected chi connectivity index (χ2v) is 2.74. The molecule has 0 aromatic heterocycles. The van der Waals surface area contributed by atoms with Crippen molar-refractivity contribution in [2.45, 2.75) is 12.7 Å². The predicted octanol–water partition coefficient (Wildman–Crippen LogP) is 1.92. The van der Waals surface area contributed by atoms with Crippen LogP contribution in [-0.4, -0.2) is 13.2 Å². The summed E-state index contributed by atoms with van der Waals surface area (Å²) in [6.07, 6.45) is 0.795. The Morgan fingerprint density at radius 2 is 2.08 bits per heavy atom. The van der Waals surface area contributed by atoms with E-state index in [-0.39, 0.29) is 6.29 Å². The van der Waals surface area contributed by atoms with E-state index in [9.17, 15) is 0 Å². The molecule has 1 aromatic rings. The van der Waals surface area contributed by atoms with E-state index in [2.05, 4.69) is 6.07 Å². The van der Waals surface area contributed by atoms with Crippen molar-refractivity contribution in [2.24, 2.45) is 0 Å². The van der Waals surface area contributed by atoms with Gasteiger partial charge in [-0.05, 0) is 12.5 Å². The number of rotatable bonds is 1. The van der Waals surface area contributed by atoms with Gasteiger partial charge in [0.05, 0.1) is 13.2 Å². The summed E-state index contributed by atoms with van der Waals surface area (Å²) in [6.45, 7) is 1.57. The normalized spacial score (nSPS) is 19.3. The summed E-state index contributed by atoms with van der Waals surface area (Å²) >= 11 is 0. The van der Waals surface area contributed by atoms with Gasteiger partial charge in [0.25, 0.3) is 0 Å². The molecule has 0 bridgehead atoms. The van der Waals surface area contributed by atoms with E-state index in [4.69, 9.17) is 9.47 Å². The van der Waals surface area contributed by atoms with Crippen LogP contribution in [0.3, 0.4) is 0 Å². The van der Waals surface area contributed by atoms with E-state index >= 15 is 0 Å². The summed E-state index contributed by atoms with van der Waals surface area (Å²) < 4.78 is 10.8. The van der Waals surface area contributed by atoms with Crippen molar-refractivity contribution in [3.63, 3.8) is 0 Å². The lowest BCUT2D eigenvalue weighted by Gasteiger charge is -2.22. The van der Waals surface area contributed by atoms with Gasteiger partial charge in [0.1, 0.15) is 0 Å². The molecule has 1 saturated heterocycles. The first-order chi connectivity index (χ1) is 5.97. The predicted molar refractivity (Wildman–Crippen MR) is 44.5 cm³/mol. The van der Waals surface area contributed by atoms with Crippen LogP contribution in [0.2, 0.25) is 0 Å². The van der Waals surface area contributed by atoms with Crippen LogP contribution in [0.1, 0.15) is 18.3 Å². The quantitative estimate of drug-likeness (QED) is 0.629. The van der Waals surface area contributed by atoms with Gasteiger partial charge < -0.3 is 9.47 Å². The van der Waals surface area contributed by atoms with Gasteiger partial charge >= 0.3 is 0 Å². The van der Waals surface area contributed by atoms with Crippen LogP contribution in [0, 0.1) is 6.07 Å². The Morgan fingerprint density at radius 1 is 1.25 bits per heavy atom. The van der Waals surface area contributed by atoms with Crippen molar-refractivity contribution >= 4 is 0 Å². The monoisotopic (exact) mass is 163 g/mol. The lowest BCUT2D eigenvalue weighted by molar-refractivity contribution is -0.183. The Bertz CT molecular complexity index is 227. The van der Waals surface area contributed by atoms with Gasteiger partial charge in [0.2, 0.25) is 0 Å². The topological polar surface area (TPSA) is 18.5 Å². The molecule has 1 aromatic carbocycles. The van der Waals surface area contributed by atoms with Crippen molar-refractivity contribution in [1.82, 2.24) is 0 Å². The summed E-state index contributed by atoms with van der Waals surface area (Å²) in [5.74, 6) is 0. The van der Waals surface area contributed by atoms with Crippen LogP contribution in [-0.2, 0) is 9.47 Å². The molecule has 0 amide bonds. The maximum atomic E-state index is 5.41. The number of hydrogen-bond acceptors (Lipinski definition) is 2. The SMILES string of the molecule is [c]1ccccc1C1OCCCO1. The van der Waals surface area contributed by atoms with Crippen molar-refractivity contribution in [3.8, 4) is 0 Å². The number of hydrogen-bond donors (Lipinski definition) is 0. The van der Waals surface area contributed by atoms with Gasteiger partial charge in [-0.2, -0.15) is 0 Å². The number of ether oxygens (including phenoxy) is 2. The Balaban J connectivity index is 2.08. The molecule has 1 radical (unpaired) electrons. The fourth-order valence-electron chi connectivity index (χ4n) is 1.22. The molecule has 2 heteroatoms. The third-order valence-corrected chi connectivity index (χ3v) is 1.81. The summed E-state index contributed by atoms with van der Waals surface area (Å²) in [5, 5.41) is 0. The molecule has 0 atom stereocenters. The molecule has 63 valence electrons. The Kier molecular flexibility index (Phi) is 2.39. The average Bonchev–Trinajstić information content (AvgIpc) is 2.21. The molecule has 2 nitrogen and oxygen atoms in total. The fraction of sp³-hybridized carbons (Fsp3) is 0.400. The number of benzene rings is 1. The van der Waals surface area contributed by atoms with E-state index in [1.54, 1.807) is 0 Å². The maximum Gasteiger partial charge on any atom is 0.184 e. The Morgan fingerprint density at radius 3 is 2.75 bits per heavy atom. The zero-order valence-electron chi connectivity index (χ0n) is 6.82. The zero-order chi connectivity index (χ0) is 8.23. The molecule has 0 aliphatic carbocycles. The van der Waals surface area contributed by atoms with E-state index < -0.39 is 0 Å². The lowest BCUT2D eigenvalue weighted by atomic mass is 10.2. The average molecular weight is 163 g/mol. The molecule has 1 aliphatic rings. The van der Waals surface area contributed by atoms with Crippen LogP contribution < -0.4 is 0 Å². The third-order valence-electron chi connectivity index (χ3n) is 1.81. The second-order valence-electron chi connectivity index (χ2n) is 2.74. The molecule has 12 heavy (non-hydrogen) atoms. The minimum atomic E-state index is -0.194. The van der Waals surface area contributed by atoms with Crippen LogP contribution in [0.5, 0.6) is 0 Å². The molecular weight excluding hydrogens is 152 g/mol. The fourth-order valence-corrected chi connectivity index (χ4v) is 1.22. The highest BCUT2D eigenvalue weighted by molar-refractivity contribution is 5.14. The van der Waals surface area contributed by atoms with Gasteiger partial charge in [-0.25, -0.2) is 0 Å². The minimum absolute atomic E-state index is 0.194. The van der Waals surface area contributed by atoms with E-state index in [0.717, 1.165) is 25.2 Å². The van der Waals surface area contributed by atoms with Gasteiger partial charge in [0, 0.05) is 5.56 Å². The van der Waals surface area contributed by atoms with Crippen molar-refractivity contribution < 1.29 is 9.47 Å². The highest BCUT2D eigenvalue weighted by Crippen LogP contribution is 2.21. The standard InChI is InChI=1S/C10H11O2/c1-2-5-9(6-3-1)10-11-7-4-8-12-10/h1-3,5,10H,4,7-8H2. The second kappa shape index (κ2) is 3.70. The van der Waals surface area contributed by atoms with Crippen molar-refractivity contribution in [1.29, 1.82) is 0 Å². The molecule has 1 heterocycles. The van der Waals surface area contributed by atoms with Crippen LogP contribution in [0.15, 0.2) is 24.3 Å². The van der Waals surface area contributed by atoms with Crippen molar-refractivity contribution in [3.05, 3.63) is 35.9 Å². The van der Waals surface area contributed by atoms with Gasteiger partial charge in [0.15, 0.2) is 6.29 Å². The Hall–Kier alpha value is -0.860. The summed E-state index contributed by atoms with van der Waals surface area (Å²) in [6, 6.07) is 10.8. The molecule has 0 spiro atoms. The summed E-state index contributed by atoms with van der Waals surface area (Å²) in [5.41, 5.74) is 0.984. The first-order valence-electron chi connectivity index (χ1n) is 4.16. The largest absolute Gasteiger partial charge is 0.348 e. The molecule has 0 saturated carbocycles. The Labute approximate surface area is 72.1 Å². The molecule has 2 rings (SSSR count). The smallest absolute Gasteiger partial charge is 0.184 e. The van der Waals surface area contributed by atoms with Crippen LogP contribution >= 0.6 is 0 Å². The first-order valence-corrected chi connectivity index (χ1v) is 4.16. The highest BCUT2D eigenvalue weighted by Gasteiger charge is 2.15. The van der Waals surface area contributed by atoms with Crippen LogP contribution in [0.4, 0.5) is 0 Å². The first kappa shape index (κ1) is 7.77. The molecule has 0 unspecified atom stereocenters. The van der Waals surface area contributed by atoms with Gasteiger partial charge in [-0.15, -0.1) is 0 Å². The van der Waals surface area contributed by atoms with Gasteiger partial charge in [-0.1, -0.05) is 24.3 Å². The van der Waals surface area contributed by atoms with E-state index in [1.165, 1.54) is 0 Å². The summed E-state index contributed by atoms with van der Waals surface area (Å²) in [4.78, 5) is 0. The molecule has 1 aliphatic heterocycles. The molecule has 1 fully saturated rings. The maximum absolute atomic E-state index is 5.41.